The summed E-state index contributed by atoms with van der Waals surface area (Å²) in [6.07, 6.45) is 0. The summed E-state index contributed by atoms with van der Waals surface area (Å²) in [6, 6.07) is 8.02. The van der Waals surface area contributed by atoms with E-state index in [4.69, 9.17) is 16.3 Å². The van der Waals surface area contributed by atoms with E-state index in [1.165, 1.54) is 11.1 Å². The Bertz CT molecular complexity index is 570. The maximum atomic E-state index is 6.01. The van der Waals surface area contributed by atoms with Crippen molar-refractivity contribution in [3.05, 3.63) is 46.4 Å². The van der Waals surface area contributed by atoms with Crippen molar-refractivity contribution in [2.75, 3.05) is 7.11 Å². The molecule has 0 radical (unpaired) electrons. The van der Waals surface area contributed by atoms with Crippen LogP contribution in [0.4, 0.5) is 0 Å². The SMILES string of the molecule is COCc1nc(Cl)cc(-c2ccc(C)cc2C)n1. The summed E-state index contributed by atoms with van der Waals surface area (Å²) in [5.41, 5.74) is 4.31. The lowest BCUT2D eigenvalue weighted by molar-refractivity contribution is 0.178. The average Bonchev–Trinajstić information content (AvgIpc) is 2.28. The number of nitrogens with zero attached hydrogens (tertiary/aromatic N) is 2. The van der Waals surface area contributed by atoms with E-state index in [9.17, 15) is 0 Å². The van der Waals surface area contributed by atoms with Crippen molar-refractivity contribution in [1.82, 2.24) is 9.97 Å². The van der Waals surface area contributed by atoms with Gasteiger partial charge in [0, 0.05) is 18.7 Å². The van der Waals surface area contributed by atoms with E-state index in [1.807, 2.05) is 0 Å². The second-order valence-electron chi connectivity index (χ2n) is 4.24. The summed E-state index contributed by atoms with van der Waals surface area (Å²) < 4.78 is 5.04. The van der Waals surface area contributed by atoms with Gasteiger partial charge in [-0.05, 0) is 19.4 Å². The lowest BCUT2D eigenvalue weighted by Crippen LogP contribution is -1.99. The van der Waals surface area contributed by atoms with Crippen LogP contribution in [0.5, 0.6) is 0 Å². The van der Waals surface area contributed by atoms with E-state index in [0.717, 1.165) is 11.3 Å². The quantitative estimate of drug-likeness (QED) is 0.794. The molecular formula is C14H15ClN2O. The smallest absolute Gasteiger partial charge is 0.156 e. The lowest BCUT2D eigenvalue weighted by Gasteiger charge is -2.08. The van der Waals surface area contributed by atoms with E-state index < -0.39 is 0 Å². The zero-order chi connectivity index (χ0) is 13.1. The van der Waals surface area contributed by atoms with E-state index in [1.54, 1.807) is 13.2 Å². The first kappa shape index (κ1) is 13.0. The van der Waals surface area contributed by atoms with Gasteiger partial charge in [-0.2, -0.15) is 0 Å². The van der Waals surface area contributed by atoms with Gasteiger partial charge < -0.3 is 4.74 Å². The van der Waals surface area contributed by atoms with E-state index >= 15 is 0 Å². The van der Waals surface area contributed by atoms with Crippen molar-refractivity contribution in [1.29, 1.82) is 0 Å². The van der Waals surface area contributed by atoms with E-state index in [-0.39, 0.29) is 0 Å². The molecule has 0 saturated heterocycles. The van der Waals surface area contributed by atoms with Gasteiger partial charge in [0.1, 0.15) is 11.8 Å². The molecule has 0 unspecified atom stereocenters. The highest BCUT2D eigenvalue weighted by Gasteiger charge is 2.08. The predicted molar refractivity (Wildman–Crippen MR) is 72.7 cm³/mol. The zero-order valence-corrected chi connectivity index (χ0v) is 11.5. The Balaban J connectivity index is 2.49. The van der Waals surface area contributed by atoms with Gasteiger partial charge in [0.15, 0.2) is 5.82 Å². The largest absolute Gasteiger partial charge is 0.377 e. The number of methoxy groups -OCH3 is 1. The molecule has 0 saturated carbocycles. The van der Waals surface area contributed by atoms with E-state index in [0.29, 0.717) is 17.6 Å². The summed E-state index contributed by atoms with van der Waals surface area (Å²) in [7, 11) is 1.61. The maximum Gasteiger partial charge on any atom is 0.156 e. The fraction of sp³-hybridized carbons (Fsp3) is 0.286. The second-order valence-corrected chi connectivity index (χ2v) is 4.63. The third-order valence-corrected chi connectivity index (χ3v) is 2.87. The van der Waals surface area contributed by atoms with Crippen LogP contribution in [0.2, 0.25) is 5.15 Å². The van der Waals surface area contributed by atoms with Crippen LogP contribution < -0.4 is 0 Å². The minimum Gasteiger partial charge on any atom is -0.377 e. The van der Waals surface area contributed by atoms with Crippen LogP contribution >= 0.6 is 11.6 Å². The normalized spacial score (nSPS) is 10.7. The van der Waals surface area contributed by atoms with Crippen LogP contribution in [0, 0.1) is 13.8 Å². The van der Waals surface area contributed by atoms with Crippen LogP contribution in [-0.2, 0) is 11.3 Å². The third-order valence-electron chi connectivity index (χ3n) is 2.67. The van der Waals surface area contributed by atoms with Crippen molar-refractivity contribution in [3.63, 3.8) is 0 Å². The molecule has 0 amide bonds. The Hall–Kier alpha value is -1.45. The fourth-order valence-corrected chi connectivity index (χ4v) is 2.10. The van der Waals surface area contributed by atoms with E-state index in [2.05, 4.69) is 42.0 Å². The predicted octanol–water partition coefficient (Wildman–Crippen LogP) is 3.56. The molecule has 1 aromatic heterocycles. The highest BCUT2D eigenvalue weighted by molar-refractivity contribution is 6.29. The van der Waals surface area contributed by atoms with Gasteiger partial charge in [-0.1, -0.05) is 35.4 Å². The number of aryl methyl sites for hydroxylation is 2. The van der Waals surface area contributed by atoms with Crippen LogP contribution in [-0.4, -0.2) is 17.1 Å². The van der Waals surface area contributed by atoms with Gasteiger partial charge >= 0.3 is 0 Å². The van der Waals surface area contributed by atoms with Gasteiger partial charge in [0.25, 0.3) is 0 Å². The molecule has 2 rings (SSSR count). The Morgan fingerprint density at radius 1 is 1.17 bits per heavy atom. The first-order valence-corrected chi connectivity index (χ1v) is 6.08. The highest BCUT2D eigenvalue weighted by Crippen LogP contribution is 2.24. The molecule has 1 heterocycles. The number of hydrogen-bond donors (Lipinski definition) is 0. The van der Waals surface area contributed by atoms with Crippen LogP contribution in [0.15, 0.2) is 24.3 Å². The zero-order valence-electron chi connectivity index (χ0n) is 10.7. The first-order valence-electron chi connectivity index (χ1n) is 5.70. The second kappa shape index (κ2) is 5.46. The molecule has 0 aliphatic carbocycles. The van der Waals surface area contributed by atoms with Gasteiger partial charge in [0.2, 0.25) is 0 Å². The number of ether oxygens (including phenoxy) is 1. The third kappa shape index (κ3) is 2.86. The standard InChI is InChI=1S/C14H15ClN2O/c1-9-4-5-11(10(2)6-9)12-7-13(15)17-14(16-12)8-18-3/h4-7H,8H2,1-3H3. The Morgan fingerprint density at radius 2 is 1.94 bits per heavy atom. The summed E-state index contributed by atoms with van der Waals surface area (Å²) in [6.45, 7) is 4.49. The molecule has 0 aliphatic rings. The minimum atomic E-state index is 0.360. The Morgan fingerprint density at radius 3 is 2.61 bits per heavy atom. The van der Waals surface area contributed by atoms with Crippen molar-refractivity contribution in [2.24, 2.45) is 0 Å². The monoisotopic (exact) mass is 262 g/mol. The molecule has 1 aromatic carbocycles. The summed E-state index contributed by atoms with van der Waals surface area (Å²) in [5.74, 6) is 0.597. The van der Waals surface area contributed by atoms with Crippen molar-refractivity contribution < 1.29 is 4.74 Å². The molecule has 0 bridgehead atoms. The molecule has 0 atom stereocenters. The molecular weight excluding hydrogens is 248 g/mol. The number of benzene rings is 1. The summed E-state index contributed by atoms with van der Waals surface area (Å²) in [4.78, 5) is 8.59. The number of halogens is 1. The number of hydrogen-bond acceptors (Lipinski definition) is 3. The molecule has 2 aromatic rings. The molecule has 94 valence electrons. The molecule has 4 heteroatoms. The highest BCUT2D eigenvalue weighted by atomic mass is 35.5. The Labute approximate surface area is 112 Å². The van der Waals surface area contributed by atoms with Gasteiger partial charge in [0.05, 0.1) is 5.69 Å². The van der Waals surface area contributed by atoms with Gasteiger partial charge in [-0.3, -0.25) is 0 Å². The van der Waals surface area contributed by atoms with Gasteiger partial charge in [-0.25, -0.2) is 9.97 Å². The first-order chi connectivity index (χ1) is 8.60. The Kier molecular flexibility index (Phi) is 3.94. The fourth-order valence-electron chi connectivity index (χ4n) is 1.90. The average molecular weight is 263 g/mol. The minimum absolute atomic E-state index is 0.360. The van der Waals surface area contributed by atoms with Crippen molar-refractivity contribution >= 4 is 11.6 Å². The molecule has 0 spiro atoms. The lowest BCUT2D eigenvalue weighted by atomic mass is 10.0. The molecule has 0 aliphatic heterocycles. The van der Waals surface area contributed by atoms with Crippen LogP contribution in [0.1, 0.15) is 17.0 Å². The van der Waals surface area contributed by atoms with Gasteiger partial charge in [-0.15, -0.1) is 0 Å². The molecule has 18 heavy (non-hydrogen) atoms. The summed E-state index contributed by atoms with van der Waals surface area (Å²) in [5, 5.41) is 0.437. The van der Waals surface area contributed by atoms with Crippen molar-refractivity contribution in [3.8, 4) is 11.3 Å². The molecule has 0 N–H and O–H groups in total. The number of aromatic nitrogens is 2. The van der Waals surface area contributed by atoms with Crippen molar-refractivity contribution in [2.45, 2.75) is 20.5 Å². The van der Waals surface area contributed by atoms with Crippen LogP contribution in [0.25, 0.3) is 11.3 Å². The topological polar surface area (TPSA) is 35.0 Å². The maximum absolute atomic E-state index is 6.01. The molecule has 3 nitrogen and oxygen atoms in total. The summed E-state index contributed by atoms with van der Waals surface area (Å²) >= 11 is 6.01. The molecule has 0 fully saturated rings. The number of rotatable bonds is 3. The van der Waals surface area contributed by atoms with Crippen LogP contribution in [0.3, 0.4) is 0 Å².